The summed E-state index contributed by atoms with van der Waals surface area (Å²) in [5.41, 5.74) is -0.312. The lowest BCUT2D eigenvalue weighted by Gasteiger charge is -1.97. The Balaban J connectivity index is 3.29. The molecule has 13 heavy (non-hydrogen) atoms. The average Bonchev–Trinajstić information content (AvgIpc) is 2.16. The van der Waals surface area contributed by atoms with E-state index in [4.69, 9.17) is 9.47 Å². The molecule has 0 spiro atoms. The Hall–Kier alpha value is -1.92. The third kappa shape index (κ3) is 1.63. The van der Waals surface area contributed by atoms with Gasteiger partial charge in [0, 0.05) is 0 Å². The van der Waals surface area contributed by atoms with Crippen molar-refractivity contribution >= 4 is 5.69 Å². The maximum Gasteiger partial charge on any atom is 0.441 e. The molecule has 1 rings (SSSR count). The number of aromatic amines is 1. The fraction of sp³-hybridized carbons (Fsp3) is 0.333. The van der Waals surface area contributed by atoms with Crippen LogP contribution in [0.4, 0.5) is 5.69 Å². The molecule has 0 aromatic carbocycles. The van der Waals surface area contributed by atoms with Gasteiger partial charge < -0.3 is 9.47 Å². The highest BCUT2D eigenvalue weighted by atomic mass is 16.6. The van der Waals surface area contributed by atoms with Crippen molar-refractivity contribution < 1.29 is 19.4 Å². The van der Waals surface area contributed by atoms with Crippen molar-refractivity contribution in [2.45, 2.75) is 0 Å². The molecule has 1 aromatic heterocycles. The first kappa shape index (κ1) is 9.17. The van der Waals surface area contributed by atoms with Crippen molar-refractivity contribution in [3.8, 4) is 11.8 Å². The number of nitrogens with zero attached hydrogens (tertiary/aromatic N) is 2. The molecular weight excluding hydrogens is 178 g/mol. The Morgan fingerprint density at radius 1 is 1.54 bits per heavy atom. The molecule has 7 heteroatoms. The Morgan fingerprint density at radius 2 is 2.23 bits per heavy atom. The summed E-state index contributed by atoms with van der Waals surface area (Å²) in [7, 11) is 2.62. The minimum atomic E-state index is -0.624. The highest BCUT2D eigenvalue weighted by molar-refractivity contribution is 5.46. The molecule has 0 radical (unpaired) electrons. The zero-order chi connectivity index (χ0) is 9.84. The first-order valence-corrected chi connectivity index (χ1v) is 3.33. The Morgan fingerprint density at radius 3 is 2.69 bits per heavy atom. The summed E-state index contributed by atoms with van der Waals surface area (Å²) in [6.07, 6.45) is 1.25. The van der Waals surface area contributed by atoms with Crippen LogP contribution in [-0.2, 0) is 0 Å². The number of H-pyrrole nitrogens is 1. The van der Waals surface area contributed by atoms with Crippen LogP contribution < -0.4 is 14.5 Å². The average molecular weight is 186 g/mol. The molecule has 0 amide bonds. The fourth-order valence-corrected chi connectivity index (χ4v) is 0.842. The first-order chi connectivity index (χ1) is 6.20. The summed E-state index contributed by atoms with van der Waals surface area (Å²) < 4.78 is 9.43. The van der Waals surface area contributed by atoms with Crippen molar-refractivity contribution in [1.29, 1.82) is 0 Å². The minimum absolute atomic E-state index is 0.0110. The second kappa shape index (κ2) is 3.65. The van der Waals surface area contributed by atoms with E-state index in [-0.39, 0.29) is 17.4 Å². The lowest BCUT2D eigenvalue weighted by molar-refractivity contribution is -0.433. The summed E-state index contributed by atoms with van der Waals surface area (Å²) in [6, 6.07) is 0. The van der Waals surface area contributed by atoms with Crippen molar-refractivity contribution in [3.63, 3.8) is 0 Å². The third-order valence-corrected chi connectivity index (χ3v) is 1.38. The molecule has 1 heterocycles. The number of aromatic nitrogens is 2. The first-order valence-electron chi connectivity index (χ1n) is 3.33. The van der Waals surface area contributed by atoms with Crippen LogP contribution in [0.25, 0.3) is 0 Å². The van der Waals surface area contributed by atoms with E-state index < -0.39 is 4.92 Å². The van der Waals surface area contributed by atoms with Crippen LogP contribution in [0.5, 0.6) is 11.8 Å². The fourth-order valence-electron chi connectivity index (χ4n) is 0.842. The molecule has 0 aliphatic rings. The van der Waals surface area contributed by atoms with Crippen molar-refractivity contribution in [2.75, 3.05) is 14.2 Å². The number of nitro groups is 1. The van der Waals surface area contributed by atoms with E-state index in [2.05, 4.69) is 9.97 Å². The molecule has 0 bridgehead atoms. The van der Waals surface area contributed by atoms with Gasteiger partial charge in [-0.05, 0) is 4.98 Å². The number of methoxy groups -OCH3 is 2. The van der Waals surface area contributed by atoms with Gasteiger partial charge in [0.15, 0.2) is 0 Å². The van der Waals surface area contributed by atoms with Gasteiger partial charge in [0.05, 0.1) is 19.1 Å². The summed E-state index contributed by atoms with van der Waals surface area (Å²) in [6.45, 7) is 0. The largest absolute Gasteiger partial charge is 0.460 e. The summed E-state index contributed by atoms with van der Waals surface area (Å²) in [5.74, 6) is -0.0718. The van der Waals surface area contributed by atoms with Crippen LogP contribution in [-0.4, -0.2) is 24.1 Å². The number of ether oxygens (including phenoxy) is 2. The molecule has 1 N–H and O–H groups in total. The molecule has 0 aliphatic carbocycles. The van der Waals surface area contributed by atoms with Crippen LogP contribution in [0.1, 0.15) is 0 Å². The van der Waals surface area contributed by atoms with E-state index in [9.17, 15) is 10.1 Å². The molecule has 70 valence electrons. The van der Waals surface area contributed by atoms with Crippen LogP contribution >= 0.6 is 0 Å². The van der Waals surface area contributed by atoms with Gasteiger partial charge in [-0.15, -0.1) is 0 Å². The van der Waals surface area contributed by atoms with Gasteiger partial charge in [0.1, 0.15) is 0 Å². The molecule has 0 aliphatic heterocycles. The van der Waals surface area contributed by atoms with E-state index in [0.29, 0.717) is 0 Å². The van der Waals surface area contributed by atoms with E-state index >= 15 is 0 Å². The number of rotatable bonds is 3. The molecule has 0 saturated heterocycles. The molecule has 0 fully saturated rings. The monoisotopic (exact) mass is 186 g/mol. The quantitative estimate of drug-likeness (QED) is 0.482. The maximum absolute atomic E-state index is 10.5. The van der Waals surface area contributed by atoms with Gasteiger partial charge in [0.2, 0.25) is 0 Å². The standard InChI is InChI=1S/C6H7N3O4/c1-12-5-4(9(10)11)6(13-2)8-3-7-5/h3H,1-2H3/p+1. The van der Waals surface area contributed by atoms with Crippen molar-refractivity contribution in [2.24, 2.45) is 0 Å². The molecule has 1 aromatic rings. The molecule has 0 saturated carbocycles. The second-order valence-electron chi connectivity index (χ2n) is 2.05. The molecule has 7 nitrogen and oxygen atoms in total. The number of hydrogen-bond donors (Lipinski definition) is 0. The van der Waals surface area contributed by atoms with Gasteiger partial charge >= 0.3 is 17.4 Å². The van der Waals surface area contributed by atoms with E-state index in [1.807, 2.05) is 0 Å². The maximum atomic E-state index is 10.5. The van der Waals surface area contributed by atoms with Crippen molar-refractivity contribution in [3.05, 3.63) is 16.4 Å². The predicted octanol–water partition coefficient (Wildman–Crippen LogP) is -0.179. The van der Waals surface area contributed by atoms with Gasteiger partial charge in [-0.1, -0.05) is 0 Å². The number of nitrogens with one attached hydrogen (secondary N) is 1. The highest BCUT2D eigenvalue weighted by Gasteiger charge is 2.30. The molecular formula is C6H8N3O4+. The van der Waals surface area contributed by atoms with Gasteiger partial charge in [-0.2, -0.15) is 0 Å². The summed E-state index contributed by atoms with van der Waals surface area (Å²) >= 11 is 0. The molecule has 0 unspecified atom stereocenters. The zero-order valence-corrected chi connectivity index (χ0v) is 7.10. The number of hydrogen-bond acceptors (Lipinski definition) is 5. The van der Waals surface area contributed by atoms with Crippen LogP contribution in [0, 0.1) is 10.1 Å². The van der Waals surface area contributed by atoms with E-state index in [1.54, 1.807) is 0 Å². The van der Waals surface area contributed by atoms with E-state index in [0.717, 1.165) is 0 Å². The zero-order valence-electron chi connectivity index (χ0n) is 7.10. The highest BCUT2D eigenvalue weighted by Crippen LogP contribution is 2.29. The lowest BCUT2D eigenvalue weighted by Crippen LogP contribution is -2.12. The topological polar surface area (TPSA) is 88.6 Å². The third-order valence-electron chi connectivity index (χ3n) is 1.38. The Bertz CT molecular complexity index is 305. The van der Waals surface area contributed by atoms with Crippen LogP contribution in [0.2, 0.25) is 0 Å². The normalized spacial score (nSPS) is 9.38. The SMILES string of the molecule is COc1nc[nH+]c(OC)c1[N+](=O)[O-]. The van der Waals surface area contributed by atoms with Gasteiger partial charge in [0.25, 0.3) is 6.33 Å². The lowest BCUT2D eigenvalue weighted by atomic mass is 10.5. The van der Waals surface area contributed by atoms with Gasteiger partial charge in [-0.25, -0.2) is 4.98 Å². The van der Waals surface area contributed by atoms with Gasteiger partial charge in [-0.3, -0.25) is 10.1 Å². The Kier molecular flexibility index (Phi) is 2.58. The molecule has 0 atom stereocenters. The predicted molar refractivity (Wildman–Crippen MR) is 40.6 cm³/mol. The smallest absolute Gasteiger partial charge is 0.441 e. The summed E-state index contributed by atoms with van der Waals surface area (Å²) in [5, 5.41) is 10.5. The Labute approximate surface area is 73.5 Å². The van der Waals surface area contributed by atoms with Crippen LogP contribution in [0.15, 0.2) is 6.33 Å². The van der Waals surface area contributed by atoms with Crippen molar-refractivity contribution in [1.82, 2.24) is 4.98 Å². The minimum Gasteiger partial charge on any atom is -0.460 e. The second-order valence-corrected chi connectivity index (χ2v) is 2.05. The van der Waals surface area contributed by atoms with E-state index in [1.165, 1.54) is 20.5 Å². The summed E-state index contributed by atoms with van der Waals surface area (Å²) in [4.78, 5) is 16.0. The van der Waals surface area contributed by atoms with Crippen LogP contribution in [0.3, 0.4) is 0 Å².